The van der Waals surface area contributed by atoms with Gasteiger partial charge in [0.1, 0.15) is 5.84 Å². The Bertz CT molecular complexity index is 609. The summed E-state index contributed by atoms with van der Waals surface area (Å²) in [6, 6.07) is 6.31. The van der Waals surface area contributed by atoms with E-state index in [9.17, 15) is 8.42 Å². The molecule has 2 rings (SSSR count). The van der Waals surface area contributed by atoms with Crippen LogP contribution in [0.15, 0.2) is 29.2 Å². The van der Waals surface area contributed by atoms with Gasteiger partial charge in [-0.2, -0.15) is 0 Å². The highest BCUT2D eigenvalue weighted by molar-refractivity contribution is 7.91. The molecular weight excluding hydrogens is 286 g/mol. The van der Waals surface area contributed by atoms with E-state index >= 15 is 0 Å². The van der Waals surface area contributed by atoms with Gasteiger partial charge in [-0.1, -0.05) is 18.6 Å². The van der Waals surface area contributed by atoms with Gasteiger partial charge in [-0.05, 0) is 37.9 Å². The maximum atomic E-state index is 12.3. The number of benzene rings is 1. The van der Waals surface area contributed by atoms with Crippen LogP contribution in [0.2, 0.25) is 0 Å². The lowest BCUT2D eigenvalue weighted by atomic mass is 9.85. The van der Waals surface area contributed by atoms with Crippen molar-refractivity contribution in [3.8, 4) is 0 Å². The Balaban J connectivity index is 1.97. The molecule has 0 unspecified atom stereocenters. The number of rotatable bonds is 7. The summed E-state index contributed by atoms with van der Waals surface area (Å²) in [5, 5.41) is 7.39. The Labute approximate surface area is 126 Å². The van der Waals surface area contributed by atoms with Gasteiger partial charge in [-0.25, -0.2) is 8.42 Å². The molecule has 6 heteroatoms. The van der Waals surface area contributed by atoms with Crippen LogP contribution in [0.3, 0.4) is 0 Å². The third kappa shape index (κ3) is 4.28. The summed E-state index contributed by atoms with van der Waals surface area (Å²) in [6.45, 7) is 1.51. The van der Waals surface area contributed by atoms with Crippen LogP contribution in [0, 0.1) is 11.3 Å². The minimum absolute atomic E-state index is 0.0948. The Kier molecular flexibility index (Phi) is 5.00. The van der Waals surface area contributed by atoms with Gasteiger partial charge in [-0.3, -0.25) is 5.41 Å². The van der Waals surface area contributed by atoms with Gasteiger partial charge in [-0.15, -0.1) is 0 Å². The van der Waals surface area contributed by atoms with Crippen molar-refractivity contribution in [2.24, 2.45) is 11.7 Å². The zero-order valence-electron chi connectivity index (χ0n) is 12.4. The first-order valence-electron chi connectivity index (χ1n) is 7.24. The maximum Gasteiger partial charge on any atom is 0.179 e. The number of nitrogens with zero attached hydrogens (tertiary/aromatic N) is 1. The number of amidine groups is 1. The molecule has 1 aromatic rings. The molecule has 0 saturated heterocycles. The van der Waals surface area contributed by atoms with Gasteiger partial charge in [0, 0.05) is 18.7 Å². The molecule has 0 aliphatic heterocycles. The molecule has 3 N–H and O–H groups in total. The van der Waals surface area contributed by atoms with E-state index in [0.717, 1.165) is 12.5 Å². The van der Waals surface area contributed by atoms with Gasteiger partial charge < -0.3 is 10.6 Å². The van der Waals surface area contributed by atoms with E-state index in [1.165, 1.54) is 25.3 Å². The van der Waals surface area contributed by atoms with E-state index in [4.69, 9.17) is 11.1 Å². The fourth-order valence-electron chi connectivity index (χ4n) is 2.46. The monoisotopic (exact) mass is 309 g/mol. The molecule has 1 fully saturated rings. The van der Waals surface area contributed by atoms with Crippen LogP contribution in [0.4, 0.5) is 0 Å². The molecule has 1 aliphatic rings. The number of hydrogen-bond donors (Lipinski definition) is 2. The van der Waals surface area contributed by atoms with Crippen LogP contribution < -0.4 is 5.73 Å². The second kappa shape index (κ2) is 6.58. The van der Waals surface area contributed by atoms with Crippen LogP contribution in [0.1, 0.15) is 24.8 Å². The summed E-state index contributed by atoms with van der Waals surface area (Å²) < 4.78 is 24.7. The van der Waals surface area contributed by atoms with E-state index in [0.29, 0.717) is 12.1 Å². The molecule has 0 aromatic heterocycles. The minimum atomic E-state index is -3.33. The fourth-order valence-corrected chi connectivity index (χ4v) is 3.84. The molecule has 116 valence electrons. The fraction of sp³-hybridized carbons (Fsp3) is 0.533. The Morgan fingerprint density at radius 2 is 2.14 bits per heavy atom. The second-order valence-electron chi connectivity index (χ2n) is 5.82. The Morgan fingerprint density at radius 1 is 1.43 bits per heavy atom. The van der Waals surface area contributed by atoms with Crippen molar-refractivity contribution in [1.29, 1.82) is 5.41 Å². The number of nitrogens with one attached hydrogen (secondary N) is 1. The molecule has 0 radical (unpaired) electrons. The second-order valence-corrected chi connectivity index (χ2v) is 7.93. The highest BCUT2D eigenvalue weighted by Gasteiger charge is 2.21. The van der Waals surface area contributed by atoms with Crippen molar-refractivity contribution in [2.75, 3.05) is 25.9 Å². The van der Waals surface area contributed by atoms with Crippen molar-refractivity contribution in [2.45, 2.75) is 24.2 Å². The van der Waals surface area contributed by atoms with Crippen LogP contribution in [0.5, 0.6) is 0 Å². The van der Waals surface area contributed by atoms with E-state index in [2.05, 4.69) is 4.90 Å². The first kappa shape index (κ1) is 16.0. The van der Waals surface area contributed by atoms with Crippen LogP contribution in [0.25, 0.3) is 0 Å². The molecule has 0 atom stereocenters. The van der Waals surface area contributed by atoms with Crippen LogP contribution >= 0.6 is 0 Å². The topological polar surface area (TPSA) is 87.2 Å². The molecule has 0 amide bonds. The normalized spacial score (nSPS) is 15.9. The van der Waals surface area contributed by atoms with E-state index < -0.39 is 9.84 Å². The molecule has 0 bridgehead atoms. The molecule has 1 aliphatic carbocycles. The summed E-state index contributed by atoms with van der Waals surface area (Å²) in [7, 11) is -1.36. The largest absolute Gasteiger partial charge is 0.384 e. The average Bonchev–Trinajstić information content (AvgIpc) is 2.41. The lowest BCUT2D eigenvalue weighted by Crippen LogP contribution is -2.33. The summed E-state index contributed by atoms with van der Waals surface area (Å²) in [5.41, 5.74) is 5.85. The zero-order chi connectivity index (χ0) is 15.5. The zero-order valence-corrected chi connectivity index (χ0v) is 13.2. The Hall–Kier alpha value is -1.40. The molecule has 1 saturated carbocycles. The number of nitrogens with two attached hydrogens (primary N) is 1. The summed E-state index contributed by atoms with van der Waals surface area (Å²) in [5.74, 6) is 0.713. The molecule has 5 nitrogen and oxygen atoms in total. The van der Waals surface area contributed by atoms with Crippen molar-refractivity contribution in [3.05, 3.63) is 29.8 Å². The van der Waals surface area contributed by atoms with E-state index in [-0.39, 0.29) is 16.5 Å². The minimum Gasteiger partial charge on any atom is -0.384 e. The summed E-state index contributed by atoms with van der Waals surface area (Å²) in [6.07, 6.45) is 3.82. The van der Waals surface area contributed by atoms with Gasteiger partial charge >= 0.3 is 0 Å². The highest BCUT2D eigenvalue weighted by atomic mass is 32.2. The van der Waals surface area contributed by atoms with Crippen molar-refractivity contribution < 1.29 is 8.42 Å². The molecule has 21 heavy (non-hydrogen) atoms. The van der Waals surface area contributed by atoms with Gasteiger partial charge in [0.05, 0.1) is 10.6 Å². The van der Waals surface area contributed by atoms with Gasteiger partial charge in [0.25, 0.3) is 0 Å². The lowest BCUT2D eigenvalue weighted by molar-refractivity contribution is 0.212. The first-order chi connectivity index (χ1) is 9.88. The van der Waals surface area contributed by atoms with Crippen molar-refractivity contribution >= 4 is 15.7 Å². The predicted molar refractivity (Wildman–Crippen MR) is 84.3 cm³/mol. The quantitative estimate of drug-likeness (QED) is 0.590. The summed E-state index contributed by atoms with van der Waals surface area (Å²) in [4.78, 5) is 2.34. The third-order valence-electron chi connectivity index (χ3n) is 4.04. The van der Waals surface area contributed by atoms with Gasteiger partial charge in [0.15, 0.2) is 9.84 Å². The van der Waals surface area contributed by atoms with Crippen LogP contribution in [-0.2, 0) is 9.84 Å². The first-order valence-corrected chi connectivity index (χ1v) is 8.89. The standard InChI is InChI=1S/C15H23N3O2S/c1-18(11-12-4-2-5-12)8-9-21(19,20)14-7-3-6-13(10-14)15(16)17/h3,6-7,10,12H,2,4-5,8-9,11H2,1H3,(H3,16,17). The lowest BCUT2D eigenvalue weighted by Gasteiger charge is -2.30. The Morgan fingerprint density at radius 3 is 2.71 bits per heavy atom. The average molecular weight is 309 g/mol. The van der Waals surface area contributed by atoms with E-state index in [1.54, 1.807) is 18.2 Å². The van der Waals surface area contributed by atoms with Crippen molar-refractivity contribution in [3.63, 3.8) is 0 Å². The number of hydrogen-bond acceptors (Lipinski definition) is 4. The van der Waals surface area contributed by atoms with Crippen molar-refractivity contribution in [1.82, 2.24) is 4.90 Å². The number of nitrogen functional groups attached to an aromatic ring is 1. The molecule has 0 spiro atoms. The molecular formula is C15H23N3O2S. The highest BCUT2D eigenvalue weighted by Crippen LogP contribution is 2.26. The maximum absolute atomic E-state index is 12.3. The smallest absolute Gasteiger partial charge is 0.179 e. The molecule has 0 heterocycles. The van der Waals surface area contributed by atoms with E-state index in [1.807, 2.05) is 7.05 Å². The number of sulfone groups is 1. The summed E-state index contributed by atoms with van der Waals surface area (Å²) >= 11 is 0. The predicted octanol–water partition coefficient (Wildman–Crippen LogP) is 1.48. The molecule has 1 aromatic carbocycles. The third-order valence-corrected chi connectivity index (χ3v) is 5.73. The van der Waals surface area contributed by atoms with Crippen LogP contribution in [-0.4, -0.2) is 45.0 Å². The SMILES string of the molecule is CN(CCS(=O)(=O)c1cccc(C(=N)N)c1)CC1CCC1. The van der Waals surface area contributed by atoms with Gasteiger partial charge in [0.2, 0.25) is 0 Å².